The van der Waals surface area contributed by atoms with Crippen molar-refractivity contribution in [3.63, 3.8) is 0 Å². The third kappa shape index (κ3) is 6.14. The Labute approximate surface area is 157 Å². The third-order valence-corrected chi connectivity index (χ3v) is 4.11. The number of amides is 3. The molecule has 0 saturated heterocycles. The number of carbonyl (C=O) groups is 3. The summed E-state index contributed by atoms with van der Waals surface area (Å²) < 4.78 is 0. The molecule has 0 aromatic heterocycles. The molecule has 0 aliphatic carbocycles. The van der Waals surface area contributed by atoms with E-state index in [0.29, 0.717) is 6.42 Å². The summed E-state index contributed by atoms with van der Waals surface area (Å²) in [7, 11) is 0. The lowest BCUT2D eigenvalue weighted by atomic mass is 9.90. The van der Waals surface area contributed by atoms with Gasteiger partial charge in [0.15, 0.2) is 0 Å². The van der Waals surface area contributed by atoms with E-state index in [-0.39, 0.29) is 18.9 Å². The van der Waals surface area contributed by atoms with Crippen molar-refractivity contribution in [1.29, 1.82) is 0 Å². The van der Waals surface area contributed by atoms with Crippen LogP contribution in [0.3, 0.4) is 0 Å². The summed E-state index contributed by atoms with van der Waals surface area (Å²) in [6.07, 6.45) is 0.555. The summed E-state index contributed by atoms with van der Waals surface area (Å²) in [4.78, 5) is 35.2. The van der Waals surface area contributed by atoms with Crippen LogP contribution in [0.25, 0.3) is 0 Å². The fourth-order valence-corrected chi connectivity index (χ4v) is 2.82. The van der Waals surface area contributed by atoms with Crippen LogP contribution in [0.15, 0.2) is 60.7 Å². The van der Waals surface area contributed by atoms with Gasteiger partial charge < -0.3 is 21.5 Å². The Morgan fingerprint density at radius 3 is 1.89 bits per heavy atom. The number of urea groups is 1. The number of carbonyl (C=O) groups excluding carboxylic acids is 2. The number of nitrogens with one attached hydrogen (secondary N) is 2. The summed E-state index contributed by atoms with van der Waals surface area (Å²) in [5.41, 5.74) is 6.54. The van der Waals surface area contributed by atoms with Crippen LogP contribution in [-0.4, -0.2) is 35.6 Å². The van der Waals surface area contributed by atoms with Crippen LogP contribution in [0.4, 0.5) is 4.79 Å². The quantitative estimate of drug-likeness (QED) is 0.504. The standard InChI is InChI=1S/C20H23N3O4/c21-20(27)22-13-7-12-16(19(25)26)23-18(24)17(14-8-3-1-4-9-14)15-10-5-2-6-11-15/h1-6,8-11,16-17H,7,12-13H2,(H,23,24)(H,25,26)(H3,21,22,27)/t16-/m1/s1. The van der Waals surface area contributed by atoms with Gasteiger partial charge in [-0.3, -0.25) is 4.79 Å². The molecule has 0 bridgehead atoms. The van der Waals surface area contributed by atoms with E-state index < -0.39 is 24.0 Å². The molecular formula is C20H23N3O4. The average Bonchev–Trinajstić information content (AvgIpc) is 2.66. The summed E-state index contributed by atoms with van der Waals surface area (Å²) in [5.74, 6) is -2.12. The van der Waals surface area contributed by atoms with Gasteiger partial charge in [-0.25, -0.2) is 9.59 Å². The molecule has 0 unspecified atom stereocenters. The van der Waals surface area contributed by atoms with Crippen LogP contribution in [0.2, 0.25) is 0 Å². The van der Waals surface area contributed by atoms with Crippen molar-refractivity contribution in [1.82, 2.24) is 10.6 Å². The maximum absolute atomic E-state index is 12.9. The number of nitrogens with two attached hydrogens (primary N) is 1. The van der Waals surface area contributed by atoms with Crippen molar-refractivity contribution < 1.29 is 19.5 Å². The minimum absolute atomic E-state index is 0.178. The van der Waals surface area contributed by atoms with Gasteiger partial charge in [0, 0.05) is 6.54 Å². The summed E-state index contributed by atoms with van der Waals surface area (Å²) in [6.45, 7) is 0.246. The molecule has 2 aromatic rings. The van der Waals surface area contributed by atoms with E-state index in [0.717, 1.165) is 11.1 Å². The Kier molecular flexibility index (Phi) is 7.37. The normalized spacial score (nSPS) is 11.6. The molecule has 0 saturated carbocycles. The van der Waals surface area contributed by atoms with Gasteiger partial charge in [0.2, 0.25) is 5.91 Å². The van der Waals surface area contributed by atoms with Gasteiger partial charge in [0.1, 0.15) is 6.04 Å². The molecule has 27 heavy (non-hydrogen) atoms. The number of carboxylic acid groups (broad SMARTS) is 1. The molecule has 142 valence electrons. The summed E-state index contributed by atoms with van der Waals surface area (Å²) >= 11 is 0. The second-order valence-electron chi connectivity index (χ2n) is 6.09. The SMILES string of the molecule is NC(=O)NCCC[C@@H](NC(=O)C(c1ccccc1)c1ccccc1)C(=O)O. The molecule has 3 amide bonds. The Bertz CT molecular complexity index is 726. The van der Waals surface area contributed by atoms with Gasteiger partial charge in [-0.15, -0.1) is 0 Å². The average molecular weight is 369 g/mol. The van der Waals surface area contributed by atoms with Crippen molar-refractivity contribution in [3.8, 4) is 0 Å². The van der Waals surface area contributed by atoms with E-state index in [1.807, 2.05) is 60.7 Å². The third-order valence-electron chi connectivity index (χ3n) is 4.11. The van der Waals surface area contributed by atoms with Crippen LogP contribution in [0.1, 0.15) is 29.9 Å². The van der Waals surface area contributed by atoms with E-state index in [4.69, 9.17) is 5.73 Å². The lowest BCUT2D eigenvalue weighted by Gasteiger charge is -2.21. The molecule has 0 aliphatic heterocycles. The fourth-order valence-electron chi connectivity index (χ4n) is 2.82. The molecule has 0 heterocycles. The second kappa shape index (κ2) is 9.96. The number of hydrogen-bond donors (Lipinski definition) is 4. The van der Waals surface area contributed by atoms with Gasteiger partial charge in [0.25, 0.3) is 0 Å². The van der Waals surface area contributed by atoms with E-state index in [1.165, 1.54) is 0 Å². The van der Waals surface area contributed by atoms with Gasteiger partial charge in [0.05, 0.1) is 5.92 Å². The Morgan fingerprint density at radius 1 is 0.926 bits per heavy atom. The smallest absolute Gasteiger partial charge is 0.326 e. The first kappa shape index (κ1) is 20.0. The Hall–Kier alpha value is -3.35. The van der Waals surface area contributed by atoms with Gasteiger partial charge in [-0.1, -0.05) is 60.7 Å². The maximum atomic E-state index is 12.9. The molecule has 0 fully saturated rings. The predicted octanol–water partition coefficient (Wildman–Crippen LogP) is 1.84. The van der Waals surface area contributed by atoms with Gasteiger partial charge >= 0.3 is 12.0 Å². The molecule has 0 aliphatic rings. The highest BCUT2D eigenvalue weighted by Crippen LogP contribution is 2.25. The van der Waals surface area contributed by atoms with E-state index >= 15 is 0 Å². The first-order valence-corrected chi connectivity index (χ1v) is 8.65. The number of primary amides is 1. The zero-order chi connectivity index (χ0) is 19.6. The van der Waals surface area contributed by atoms with E-state index in [2.05, 4.69) is 10.6 Å². The predicted molar refractivity (Wildman–Crippen MR) is 101 cm³/mol. The number of benzene rings is 2. The molecule has 1 atom stereocenters. The van der Waals surface area contributed by atoms with E-state index in [1.54, 1.807) is 0 Å². The van der Waals surface area contributed by atoms with Crippen molar-refractivity contribution >= 4 is 17.9 Å². The van der Waals surface area contributed by atoms with E-state index in [9.17, 15) is 19.5 Å². The summed E-state index contributed by atoms with van der Waals surface area (Å²) in [5, 5.41) is 14.4. The van der Waals surface area contributed by atoms with Crippen molar-refractivity contribution in [2.24, 2.45) is 5.73 Å². The molecular weight excluding hydrogens is 346 g/mol. The number of hydrogen-bond acceptors (Lipinski definition) is 3. The number of aliphatic carboxylic acids is 1. The zero-order valence-corrected chi connectivity index (χ0v) is 14.8. The highest BCUT2D eigenvalue weighted by atomic mass is 16.4. The van der Waals surface area contributed by atoms with Crippen LogP contribution < -0.4 is 16.4 Å². The lowest BCUT2D eigenvalue weighted by molar-refractivity contribution is -0.142. The summed E-state index contributed by atoms with van der Waals surface area (Å²) in [6, 6.07) is 16.7. The van der Waals surface area contributed by atoms with Gasteiger partial charge in [-0.05, 0) is 24.0 Å². The van der Waals surface area contributed by atoms with Crippen molar-refractivity contribution in [2.45, 2.75) is 24.8 Å². The minimum atomic E-state index is -1.12. The number of rotatable bonds is 9. The van der Waals surface area contributed by atoms with Crippen molar-refractivity contribution in [2.75, 3.05) is 6.54 Å². The first-order valence-electron chi connectivity index (χ1n) is 8.65. The molecule has 5 N–H and O–H groups in total. The topological polar surface area (TPSA) is 122 Å². The minimum Gasteiger partial charge on any atom is -0.480 e. The molecule has 2 rings (SSSR count). The highest BCUT2D eigenvalue weighted by Gasteiger charge is 2.27. The number of carboxylic acids is 1. The van der Waals surface area contributed by atoms with Crippen LogP contribution in [0, 0.1) is 0 Å². The van der Waals surface area contributed by atoms with Crippen molar-refractivity contribution in [3.05, 3.63) is 71.8 Å². The highest BCUT2D eigenvalue weighted by molar-refractivity contribution is 5.90. The van der Waals surface area contributed by atoms with Crippen LogP contribution in [0.5, 0.6) is 0 Å². The Balaban J connectivity index is 2.14. The molecule has 0 radical (unpaired) electrons. The molecule has 0 spiro atoms. The maximum Gasteiger partial charge on any atom is 0.326 e. The molecule has 2 aromatic carbocycles. The largest absolute Gasteiger partial charge is 0.480 e. The Morgan fingerprint density at radius 2 is 1.44 bits per heavy atom. The zero-order valence-electron chi connectivity index (χ0n) is 14.8. The molecule has 7 heteroatoms. The monoisotopic (exact) mass is 369 g/mol. The van der Waals surface area contributed by atoms with Gasteiger partial charge in [-0.2, -0.15) is 0 Å². The fraction of sp³-hybridized carbons (Fsp3) is 0.250. The second-order valence-corrected chi connectivity index (χ2v) is 6.09. The first-order chi connectivity index (χ1) is 13.0. The lowest BCUT2D eigenvalue weighted by Crippen LogP contribution is -2.43. The van der Waals surface area contributed by atoms with Crippen LogP contribution in [-0.2, 0) is 9.59 Å². The van der Waals surface area contributed by atoms with Crippen LogP contribution >= 0.6 is 0 Å². The molecule has 7 nitrogen and oxygen atoms in total.